The maximum absolute atomic E-state index is 13.8. The zero-order valence-corrected chi connectivity index (χ0v) is 22.9. The Labute approximate surface area is 225 Å². The Bertz CT molecular complexity index is 1600. The van der Waals surface area contributed by atoms with Gasteiger partial charge in [-0.2, -0.15) is 5.26 Å². The fourth-order valence-electron chi connectivity index (χ4n) is 4.46. The second-order valence-electron chi connectivity index (χ2n) is 9.79. The Morgan fingerprint density at radius 2 is 1.92 bits per heavy atom. The summed E-state index contributed by atoms with van der Waals surface area (Å²) >= 11 is 1.61. The van der Waals surface area contributed by atoms with Gasteiger partial charge < -0.3 is 5.32 Å². The van der Waals surface area contributed by atoms with E-state index in [2.05, 4.69) is 31.3 Å². The molecule has 38 heavy (non-hydrogen) atoms. The molecule has 0 amide bonds. The van der Waals surface area contributed by atoms with Gasteiger partial charge in [0.1, 0.15) is 17.9 Å². The van der Waals surface area contributed by atoms with Gasteiger partial charge in [-0.05, 0) is 51.0 Å². The molecule has 0 aromatic carbocycles. The maximum atomic E-state index is 13.8. The molecule has 4 heterocycles. The first-order valence-corrected chi connectivity index (χ1v) is 13.8. The Balaban J connectivity index is 1.67. The number of fused-ring (bicyclic) bond motifs is 1. The molecule has 1 aliphatic carbocycles. The molecule has 0 spiro atoms. The number of hydrogen-bond acceptors (Lipinski definition) is 10. The van der Waals surface area contributed by atoms with E-state index in [9.17, 15) is 10.1 Å². The summed E-state index contributed by atoms with van der Waals surface area (Å²) in [5, 5.41) is 13.2. The summed E-state index contributed by atoms with van der Waals surface area (Å²) < 4.78 is 1.45. The van der Waals surface area contributed by atoms with Crippen molar-refractivity contribution in [1.29, 1.82) is 5.26 Å². The molecule has 1 aliphatic rings. The average molecular weight is 528 g/mol. The molecule has 1 unspecified atom stereocenters. The van der Waals surface area contributed by atoms with Crippen LogP contribution in [0.15, 0.2) is 34.3 Å². The summed E-state index contributed by atoms with van der Waals surface area (Å²) in [6, 6.07) is 5.45. The number of nitrogens with zero attached hydrogens (tertiary/aromatic N) is 8. The minimum absolute atomic E-state index is 0.131. The fraction of sp³-hybridized carbons (Fsp3) is 0.407. The second kappa shape index (κ2) is 10.5. The fourth-order valence-corrected chi connectivity index (χ4v) is 4.82. The van der Waals surface area contributed by atoms with Crippen molar-refractivity contribution in [2.75, 3.05) is 11.6 Å². The monoisotopic (exact) mass is 527 g/mol. The lowest BCUT2D eigenvalue weighted by Crippen LogP contribution is -2.31. The third-order valence-electron chi connectivity index (χ3n) is 6.68. The number of anilines is 1. The summed E-state index contributed by atoms with van der Waals surface area (Å²) in [4.78, 5) is 42.5. The standard InChI is InChI=1S/C27H29N9OS/c1-14(2)20(10-28)36-26-22(34-25(27(36)37)30-11-18-8-9-19(38-5)12-29-18)16(4)33-24(35-26)21-15(3)31-13-32-23(21)17-6-7-17/h8-9,12-14,17,20H,6-7,11H2,1-5H3,(H,30,34). The van der Waals surface area contributed by atoms with Crippen LogP contribution in [-0.2, 0) is 6.54 Å². The van der Waals surface area contributed by atoms with E-state index < -0.39 is 11.6 Å². The van der Waals surface area contributed by atoms with Gasteiger partial charge in [-0.15, -0.1) is 11.8 Å². The Morgan fingerprint density at radius 1 is 1.13 bits per heavy atom. The molecular formula is C27H29N9OS. The van der Waals surface area contributed by atoms with Crippen molar-refractivity contribution in [3.8, 4) is 17.5 Å². The molecule has 10 nitrogen and oxygen atoms in total. The van der Waals surface area contributed by atoms with Gasteiger partial charge in [0, 0.05) is 17.0 Å². The van der Waals surface area contributed by atoms with Gasteiger partial charge in [0.25, 0.3) is 5.56 Å². The predicted molar refractivity (Wildman–Crippen MR) is 147 cm³/mol. The molecule has 1 atom stereocenters. The Kier molecular flexibility index (Phi) is 7.08. The van der Waals surface area contributed by atoms with Crippen LogP contribution in [0.3, 0.4) is 0 Å². The van der Waals surface area contributed by atoms with Crippen LogP contribution in [0.2, 0.25) is 0 Å². The van der Waals surface area contributed by atoms with Crippen molar-refractivity contribution in [2.45, 2.75) is 63.9 Å². The average Bonchev–Trinajstić information content (AvgIpc) is 3.75. The lowest BCUT2D eigenvalue weighted by Gasteiger charge is -2.20. The van der Waals surface area contributed by atoms with Crippen molar-refractivity contribution in [2.24, 2.45) is 5.92 Å². The largest absolute Gasteiger partial charge is 0.360 e. The number of nitrogens with one attached hydrogen (secondary N) is 1. The first kappa shape index (κ1) is 25.7. The summed E-state index contributed by atoms with van der Waals surface area (Å²) in [7, 11) is 0. The molecule has 4 aromatic rings. The van der Waals surface area contributed by atoms with Crippen molar-refractivity contribution < 1.29 is 0 Å². The zero-order valence-electron chi connectivity index (χ0n) is 22.1. The summed E-state index contributed by atoms with van der Waals surface area (Å²) in [5.74, 6) is 0.800. The number of rotatable bonds is 8. The summed E-state index contributed by atoms with van der Waals surface area (Å²) in [5.41, 5.74) is 4.26. The van der Waals surface area contributed by atoms with E-state index in [1.807, 2.05) is 46.1 Å². The molecule has 4 aromatic heterocycles. The first-order valence-electron chi connectivity index (χ1n) is 12.6. The van der Waals surface area contributed by atoms with E-state index in [0.29, 0.717) is 35.1 Å². The van der Waals surface area contributed by atoms with Crippen molar-refractivity contribution in [3.05, 3.63) is 57.8 Å². The van der Waals surface area contributed by atoms with E-state index in [0.717, 1.165) is 40.4 Å². The molecule has 0 aliphatic heterocycles. The van der Waals surface area contributed by atoms with Crippen LogP contribution in [0.25, 0.3) is 22.6 Å². The maximum Gasteiger partial charge on any atom is 0.296 e. The Morgan fingerprint density at radius 3 is 2.55 bits per heavy atom. The van der Waals surface area contributed by atoms with Gasteiger partial charge in [-0.3, -0.25) is 14.3 Å². The van der Waals surface area contributed by atoms with E-state index >= 15 is 0 Å². The predicted octanol–water partition coefficient (Wildman–Crippen LogP) is 4.59. The van der Waals surface area contributed by atoms with Crippen LogP contribution in [0.1, 0.15) is 61.4 Å². The van der Waals surface area contributed by atoms with E-state index in [1.165, 1.54) is 4.57 Å². The highest BCUT2D eigenvalue weighted by molar-refractivity contribution is 7.98. The number of aryl methyl sites for hydroxylation is 2. The highest BCUT2D eigenvalue weighted by Crippen LogP contribution is 2.43. The molecule has 11 heteroatoms. The quantitative estimate of drug-likeness (QED) is 0.324. The summed E-state index contributed by atoms with van der Waals surface area (Å²) in [6.45, 7) is 7.88. The SMILES string of the molecule is CSc1ccc(CNc2nc3c(C)nc(-c4c(C)ncnc4C4CC4)nc3n(C(C#N)C(C)C)c2=O)nc1. The number of pyridine rings is 1. The van der Waals surface area contributed by atoms with Crippen molar-refractivity contribution in [1.82, 2.24) is 34.5 Å². The highest BCUT2D eigenvalue weighted by Gasteiger charge is 2.31. The van der Waals surface area contributed by atoms with Crippen molar-refractivity contribution >= 4 is 28.7 Å². The molecular weight excluding hydrogens is 498 g/mol. The van der Waals surface area contributed by atoms with E-state index in [4.69, 9.17) is 9.97 Å². The number of hydrogen-bond donors (Lipinski definition) is 1. The van der Waals surface area contributed by atoms with Crippen LogP contribution < -0.4 is 10.9 Å². The van der Waals surface area contributed by atoms with Gasteiger partial charge in [-0.1, -0.05) is 13.8 Å². The third-order valence-corrected chi connectivity index (χ3v) is 7.39. The molecule has 194 valence electrons. The summed E-state index contributed by atoms with van der Waals surface area (Å²) in [6.07, 6.45) is 7.49. The third kappa shape index (κ3) is 4.84. The molecule has 1 saturated carbocycles. The van der Waals surface area contributed by atoms with E-state index in [-0.39, 0.29) is 11.7 Å². The normalized spacial score (nSPS) is 14.0. The molecule has 5 rings (SSSR count). The topological polar surface area (TPSA) is 135 Å². The lowest BCUT2D eigenvalue weighted by atomic mass is 10.1. The van der Waals surface area contributed by atoms with Gasteiger partial charge >= 0.3 is 0 Å². The number of thioether (sulfide) groups is 1. The molecule has 0 bridgehead atoms. The highest BCUT2D eigenvalue weighted by atomic mass is 32.2. The first-order chi connectivity index (χ1) is 18.3. The van der Waals surface area contributed by atoms with Gasteiger partial charge in [0.05, 0.1) is 41.0 Å². The van der Waals surface area contributed by atoms with Crippen LogP contribution in [0.5, 0.6) is 0 Å². The van der Waals surface area contributed by atoms with Gasteiger partial charge in [0.2, 0.25) is 0 Å². The molecule has 1 N–H and O–H groups in total. The Hall–Kier alpha value is -3.91. The van der Waals surface area contributed by atoms with Gasteiger partial charge in [-0.25, -0.2) is 24.9 Å². The van der Waals surface area contributed by atoms with Crippen LogP contribution in [-0.4, -0.2) is 40.7 Å². The minimum Gasteiger partial charge on any atom is -0.360 e. The van der Waals surface area contributed by atoms with Gasteiger partial charge in [0.15, 0.2) is 17.3 Å². The van der Waals surface area contributed by atoms with Crippen LogP contribution in [0.4, 0.5) is 5.82 Å². The molecule has 1 fully saturated rings. The van der Waals surface area contributed by atoms with Crippen molar-refractivity contribution in [3.63, 3.8) is 0 Å². The lowest BCUT2D eigenvalue weighted by molar-refractivity contribution is 0.458. The number of aromatic nitrogens is 7. The molecule has 0 radical (unpaired) electrons. The second-order valence-corrected chi connectivity index (χ2v) is 10.7. The van der Waals surface area contributed by atoms with Crippen LogP contribution in [0, 0.1) is 31.1 Å². The van der Waals surface area contributed by atoms with Crippen LogP contribution >= 0.6 is 11.8 Å². The minimum atomic E-state index is -0.745. The van der Waals surface area contributed by atoms with E-state index in [1.54, 1.807) is 24.3 Å². The molecule has 0 saturated heterocycles. The number of nitriles is 1. The zero-order chi connectivity index (χ0) is 27.0. The smallest absolute Gasteiger partial charge is 0.296 e.